The van der Waals surface area contributed by atoms with Crippen LogP contribution in [0.1, 0.15) is 0 Å². The zero-order valence-electron chi connectivity index (χ0n) is 14.5. The zero-order chi connectivity index (χ0) is 17.9. The summed E-state index contributed by atoms with van der Waals surface area (Å²) in [6.07, 6.45) is 8.91. The second-order valence-corrected chi connectivity index (χ2v) is 6.40. The van der Waals surface area contributed by atoms with Gasteiger partial charge in [-0.3, -0.25) is 14.6 Å². The van der Waals surface area contributed by atoms with Gasteiger partial charge in [0.15, 0.2) is 5.52 Å². The van der Waals surface area contributed by atoms with Crippen molar-refractivity contribution in [2.75, 3.05) is 32.7 Å². The summed E-state index contributed by atoms with van der Waals surface area (Å²) < 4.78 is 3.21. The standard InChI is InChI=1S/C19H20N6O/c1-2-8-22-9-11-23(12-10-22)15-25-19(26)18-16(13-20-25)14-24(21-18)17-6-4-3-5-7-17/h1,3-7,13-14H,8-12,15H2. The molecule has 3 aromatic rings. The van der Waals surface area contributed by atoms with Crippen molar-refractivity contribution in [1.29, 1.82) is 0 Å². The third kappa shape index (κ3) is 3.25. The van der Waals surface area contributed by atoms with Crippen LogP contribution in [0, 0.1) is 12.3 Å². The highest BCUT2D eigenvalue weighted by molar-refractivity contribution is 5.76. The lowest BCUT2D eigenvalue weighted by atomic mass is 10.3. The van der Waals surface area contributed by atoms with E-state index in [-0.39, 0.29) is 5.56 Å². The van der Waals surface area contributed by atoms with Gasteiger partial charge in [-0.1, -0.05) is 24.1 Å². The lowest BCUT2D eigenvalue weighted by molar-refractivity contribution is 0.110. The molecule has 1 aromatic carbocycles. The number of benzene rings is 1. The number of fused-ring (bicyclic) bond motifs is 1. The van der Waals surface area contributed by atoms with Crippen LogP contribution in [0.5, 0.6) is 0 Å². The molecular weight excluding hydrogens is 328 g/mol. The average Bonchev–Trinajstić information content (AvgIpc) is 3.12. The van der Waals surface area contributed by atoms with E-state index in [2.05, 4.69) is 25.9 Å². The summed E-state index contributed by atoms with van der Waals surface area (Å²) in [6, 6.07) is 9.74. The van der Waals surface area contributed by atoms with Gasteiger partial charge in [0.05, 0.1) is 25.1 Å². The van der Waals surface area contributed by atoms with Crippen molar-refractivity contribution < 1.29 is 0 Å². The van der Waals surface area contributed by atoms with Crippen molar-refractivity contribution in [3.8, 4) is 18.0 Å². The third-order valence-corrected chi connectivity index (χ3v) is 4.65. The molecule has 0 atom stereocenters. The summed E-state index contributed by atoms with van der Waals surface area (Å²) in [5.74, 6) is 2.68. The maximum absolute atomic E-state index is 12.8. The molecule has 0 radical (unpaired) electrons. The van der Waals surface area contributed by atoms with E-state index in [0.29, 0.717) is 18.7 Å². The van der Waals surface area contributed by atoms with Gasteiger partial charge in [0.1, 0.15) is 0 Å². The molecule has 1 saturated heterocycles. The highest BCUT2D eigenvalue weighted by Crippen LogP contribution is 2.12. The maximum atomic E-state index is 12.8. The van der Waals surface area contributed by atoms with Crippen LogP contribution in [-0.4, -0.2) is 62.1 Å². The largest absolute Gasteiger partial charge is 0.296 e. The van der Waals surface area contributed by atoms with Gasteiger partial charge in [-0.05, 0) is 12.1 Å². The lowest BCUT2D eigenvalue weighted by Crippen LogP contribution is -2.48. The smallest absolute Gasteiger partial charge is 0.290 e. The van der Waals surface area contributed by atoms with Crippen LogP contribution < -0.4 is 5.56 Å². The SMILES string of the molecule is C#CCN1CCN(Cn2ncc3cn(-c4ccccc4)nc3c2=O)CC1. The van der Waals surface area contributed by atoms with Crippen LogP contribution in [0.15, 0.2) is 47.5 Å². The Morgan fingerprint density at radius 3 is 2.54 bits per heavy atom. The summed E-state index contributed by atoms with van der Waals surface area (Å²) in [6.45, 7) is 4.69. The Bertz CT molecular complexity index is 992. The van der Waals surface area contributed by atoms with E-state index in [0.717, 1.165) is 37.3 Å². The fraction of sp³-hybridized carbons (Fsp3) is 0.316. The van der Waals surface area contributed by atoms with Crippen molar-refractivity contribution >= 4 is 10.9 Å². The Kier molecular flexibility index (Phi) is 4.52. The molecular formula is C19H20N6O. The number of piperazine rings is 1. The van der Waals surface area contributed by atoms with Crippen LogP contribution in [0.25, 0.3) is 16.6 Å². The second kappa shape index (κ2) is 7.12. The molecule has 1 aliphatic heterocycles. The minimum Gasteiger partial charge on any atom is -0.290 e. The summed E-state index contributed by atoms with van der Waals surface area (Å²) in [4.78, 5) is 17.2. The minimum absolute atomic E-state index is 0.164. The minimum atomic E-state index is -0.164. The van der Waals surface area contributed by atoms with Crippen LogP contribution in [0.4, 0.5) is 0 Å². The van der Waals surface area contributed by atoms with Gasteiger partial charge < -0.3 is 0 Å². The van der Waals surface area contributed by atoms with Gasteiger partial charge in [-0.15, -0.1) is 6.42 Å². The predicted octanol–water partition coefficient (Wildman–Crippen LogP) is 0.790. The van der Waals surface area contributed by atoms with Gasteiger partial charge in [-0.25, -0.2) is 9.36 Å². The Labute approximate surface area is 151 Å². The second-order valence-electron chi connectivity index (χ2n) is 6.40. The topological polar surface area (TPSA) is 59.2 Å². The first-order valence-corrected chi connectivity index (χ1v) is 8.64. The first kappa shape index (κ1) is 16.5. The molecule has 0 bridgehead atoms. The van der Waals surface area contributed by atoms with E-state index in [9.17, 15) is 4.79 Å². The molecule has 26 heavy (non-hydrogen) atoms. The summed E-state index contributed by atoms with van der Waals surface area (Å²) >= 11 is 0. The number of aromatic nitrogens is 4. The van der Waals surface area contributed by atoms with E-state index >= 15 is 0 Å². The number of hydrogen-bond acceptors (Lipinski definition) is 5. The monoisotopic (exact) mass is 348 g/mol. The molecule has 0 N–H and O–H groups in total. The first-order chi connectivity index (χ1) is 12.7. The highest BCUT2D eigenvalue weighted by Gasteiger charge is 2.18. The molecule has 1 fully saturated rings. The van der Waals surface area contributed by atoms with Crippen molar-refractivity contribution in [2.45, 2.75) is 6.67 Å². The summed E-state index contributed by atoms with van der Waals surface area (Å²) in [5, 5.41) is 9.54. The van der Waals surface area contributed by atoms with E-state index < -0.39 is 0 Å². The van der Waals surface area contributed by atoms with Crippen LogP contribution in [-0.2, 0) is 6.67 Å². The molecule has 4 rings (SSSR count). The van der Waals surface area contributed by atoms with Gasteiger partial charge in [0.2, 0.25) is 0 Å². The van der Waals surface area contributed by atoms with Gasteiger partial charge in [-0.2, -0.15) is 10.2 Å². The molecule has 0 aliphatic carbocycles. The molecule has 2 aromatic heterocycles. The number of para-hydroxylation sites is 1. The van der Waals surface area contributed by atoms with Gasteiger partial charge >= 0.3 is 0 Å². The molecule has 0 unspecified atom stereocenters. The Balaban J connectivity index is 1.55. The number of terminal acetylenes is 1. The van der Waals surface area contributed by atoms with E-state index in [1.807, 2.05) is 36.5 Å². The van der Waals surface area contributed by atoms with E-state index in [1.165, 1.54) is 4.68 Å². The van der Waals surface area contributed by atoms with Gasteiger partial charge in [0.25, 0.3) is 5.56 Å². The van der Waals surface area contributed by atoms with Crippen molar-refractivity contribution in [1.82, 2.24) is 29.4 Å². The average molecular weight is 348 g/mol. The molecule has 7 nitrogen and oxygen atoms in total. The molecule has 3 heterocycles. The van der Waals surface area contributed by atoms with Crippen molar-refractivity contribution in [3.05, 3.63) is 53.1 Å². The summed E-state index contributed by atoms with van der Waals surface area (Å²) in [7, 11) is 0. The van der Waals surface area contributed by atoms with Crippen LogP contribution in [0.3, 0.4) is 0 Å². The number of rotatable bonds is 4. The molecule has 132 valence electrons. The molecule has 1 aliphatic rings. The molecule has 0 saturated carbocycles. The van der Waals surface area contributed by atoms with Gasteiger partial charge in [0, 0.05) is 37.8 Å². The third-order valence-electron chi connectivity index (χ3n) is 4.65. The fourth-order valence-electron chi connectivity index (χ4n) is 3.18. The Hall–Kier alpha value is -2.95. The normalized spacial score (nSPS) is 16.0. The number of hydrogen-bond donors (Lipinski definition) is 0. The van der Waals surface area contributed by atoms with Crippen LogP contribution >= 0.6 is 0 Å². The summed E-state index contributed by atoms with van der Waals surface area (Å²) in [5.41, 5.74) is 1.19. The predicted molar refractivity (Wildman–Crippen MR) is 100.0 cm³/mol. The van der Waals surface area contributed by atoms with Crippen molar-refractivity contribution in [2.24, 2.45) is 0 Å². The quantitative estimate of drug-likeness (QED) is 0.653. The molecule has 0 spiro atoms. The van der Waals surface area contributed by atoms with Crippen molar-refractivity contribution in [3.63, 3.8) is 0 Å². The molecule has 7 heteroatoms. The fourth-order valence-corrected chi connectivity index (χ4v) is 3.18. The lowest BCUT2D eigenvalue weighted by Gasteiger charge is -2.33. The highest BCUT2D eigenvalue weighted by atomic mass is 16.1. The van der Waals surface area contributed by atoms with E-state index in [4.69, 9.17) is 6.42 Å². The maximum Gasteiger partial charge on any atom is 0.296 e. The first-order valence-electron chi connectivity index (χ1n) is 8.64. The Morgan fingerprint density at radius 1 is 1.08 bits per heavy atom. The Morgan fingerprint density at radius 2 is 1.81 bits per heavy atom. The molecule has 0 amide bonds. The zero-order valence-corrected chi connectivity index (χ0v) is 14.5. The number of nitrogens with zero attached hydrogens (tertiary/aromatic N) is 6. The van der Waals surface area contributed by atoms with Crippen LogP contribution in [0.2, 0.25) is 0 Å². The van der Waals surface area contributed by atoms with E-state index in [1.54, 1.807) is 10.9 Å².